The zero-order valence-electron chi connectivity index (χ0n) is 16.3. The van der Waals surface area contributed by atoms with Crippen LogP contribution in [0, 0.1) is 23.7 Å². The van der Waals surface area contributed by atoms with Crippen molar-refractivity contribution in [2.45, 2.75) is 120 Å². The summed E-state index contributed by atoms with van der Waals surface area (Å²) in [7, 11) is 0. The van der Waals surface area contributed by atoms with E-state index >= 15 is 0 Å². The Bertz CT molecular complexity index is 329. The summed E-state index contributed by atoms with van der Waals surface area (Å²) in [6, 6.07) is 0. The Morgan fingerprint density at radius 2 is 1.25 bits per heavy atom. The minimum absolute atomic E-state index is 0.779. The van der Waals surface area contributed by atoms with Crippen molar-refractivity contribution in [2.75, 3.05) is 0 Å². The van der Waals surface area contributed by atoms with Gasteiger partial charge in [-0.3, -0.25) is 0 Å². The molecule has 0 aromatic heterocycles. The average molecular weight is 436 g/mol. The molecular formula is C23H41Sn. The first-order valence-electron chi connectivity index (χ1n) is 11.5. The Kier molecular flexibility index (Phi) is 7.87. The van der Waals surface area contributed by atoms with Crippen LogP contribution in [0.1, 0.15) is 116 Å². The molecule has 137 valence electrons. The third-order valence-electron chi connectivity index (χ3n) is 8.01. The van der Waals surface area contributed by atoms with Crippen LogP contribution in [0.3, 0.4) is 0 Å². The molecule has 3 radical (unpaired) electrons. The van der Waals surface area contributed by atoms with Gasteiger partial charge in [-0.25, -0.2) is 0 Å². The van der Waals surface area contributed by atoms with Crippen LogP contribution in [0.4, 0.5) is 0 Å². The van der Waals surface area contributed by atoms with Crippen LogP contribution in [-0.2, 0) is 0 Å². The van der Waals surface area contributed by atoms with Crippen molar-refractivity contribution in [2.24, 2.45) is 23.7 Å². The van der Waals surface area contributed by atoms with Gasteiger partial charge in [-0.2, -0.15) is 0 Å². The van der Waals surface area contributed by atoms with E-state index in [9.17, 15) is 0 Å². The number of unbranched alkanes of at least 4 members (excludes halogenated alkanes) is 3. The molecule has 0 aromatic carbocycles. The summed E-state index contributed by atoms with van der Waals surface area (Å²) in [5, 5.41) is 0. The zero-order chi connectivity index (χ0) is 16.8. The molecule has 0 amide bonds. The fourth-order valence-electron chi connectivity index (χ4n) is 6.76. The second-order valence-electron chi connectivity index (χ2n) is 9.40. The second kappa shape index (κ2) is 9.65. The van der Waals surface area contributed by atoms with Gasteiger partial charge in [0.2, 0.25) is 0 Å². The van der Waals surface area contributed by atoms with Gasteiger partial charge in [0, 0.05) is 0 Å². The van der Waals surface area contributed by atoms with Gasteiger partial charge in [0.05, 0.1) is 0 Å². The summed E-state index contributed by atoms with van der Waals surface area (Å²) in [5.41, 5.74) is 0. The quantitative estimate of drug-likeness (QED) is 0.260. The monoisotopic (exact) mass is 437 g/mol. The normalized spacial score (nSPS) is 25.8. The van der Waals surface area contributed by atoms with Crippen molar-refractivity contribution in [3.05, 3.63) is 0 Å². The summed E-state index contributed by atoms with van der Waals surface area (Å²) < 4.78 is 0.779. The van der Waals surface area contributed by atoms with E-state index in [2.05, 4.69) is 6.92 Å². The van der Waals surface area contributed by atoms with Crippen LogP contribution in [0.15, 0.2) is 0 Å². The Hall–Kier alpha value is 0.799. The third kappa shape index (κ3) is 4.37. The fraction of sp³-hybridized carbons (Fsp3) is 1.00. The van der Waals surface area contributed by atoms with Gasteiger partial charge in [0.25, 0.3) is 0 Å². The van der Waals surface area contributed by atoms with Crippen molar-refractivity contribution in [1.29, 1.82) is 0 Å². The van der Waals surface area contributed by atoms with Gasteiger partial charge >= 0.3 is 166 Å². The summed E-state index contributed by atoms with van der Waals surface area (Å²) in [6.07, 6.45) is 26.2. The first-order chi connectivity index (χ1) is 11.8. The molecule has 0 aromatic rings. The van der Waals surface area contributed by atoms with Crippen molar-refractivity contribution >= 4 is 22.5 Å². The Balaban J connectivity index is 1.77. The van der Waals surface area contributed by atoms with Crippen LogP contribution < -0.4 is 0 Å². The third-order valence-corrected chi connectivity index (χ3v) is 11.4. The SMILES string of the molecule is CCCCCCC(C1CCCC1)[C]([Sn])(C1CCCC1)C1CCCC1. The molecule has 0 bridgehead atoms. The molecule has 0 aliphatic heterocycles. The molecule has 1 atom stereocenters. The molecule has 1 heteroatoms. The van der Waals surface area contributed by atoms with Gasteiger partial charge in [0.1, 0.15) is 0 Å². The Labute approximate surface area is 165 Å². The molecule has 0 saturated heterocycles. The molecule has 3 fully saturated rings. The summed E-state index contributed by atoms with van der Waals surface area (Å²) in [6.45, 7) is 2.36. The second-order valence-corrected chi connectivity index (χ2v) is 11.9. The van der Waals surface area contributed by atoms with Crippen molar-refractivity contribution in [3.63, 3.8) is 0 Å². The van der Waals surface area contributed by atoms with Gasteiger partial charge in [-0.1, -0.05) is 0 Å². The molecule has 1 unspecified atom stereocenters. The first kappa shape index (κ1) is 19.6. The van der Waals surface area contributed by atoms with E-state index in [0.717, 1.165) is 27.1 Å². The van der Waals surface area contributed by atoms with Gasteiger partial charge in [-0.15, -0.1) is 0 Å². The van der Waals surface area contributed by atoms with E-state index in [1.54, 1.807) is 70.6 Å². The maximum absolute atomic E-state index is 2.36. The molecule has 24 heavy (non-hydrogen) atoms. The van der Waals surface area contributed by atoms with Crippen LogP contribution in [-0.4, -0.2) is 22.5 Å². The number of rotatable bonds is 9. The molecule has 3 aliphatic rings. The predicted octanol–water partition coefficient (Wildman–Crippen LogP) is 7.47. The summed E-state index contributed by atoms with van der Waals surface area (Å²) in [5.74, 6) is 4.42. The molecule has 0 heterocycles. The van der Waals surface area contributed by atoms with Crippen molar-refractivity contribution in [1.82, 2.24) is 0 Å². The Morgan fingerprint density at radius 3 is 1.75 bits per heavy atom. The molecule has 0 N–H and O–H groups in total. The molecule has 0 spiro atoms. The summed E-state index contributed by atoms with van der Waals surface area (Å²) in [4.78, 5) is 0. The van der Waals surface area contributed by atoms with E-state index < -0.39 is 0 Å². The van der Waals surface area contributed by atoms with Crippen LogP contribution in [0.5, 0.6) is 0 Å². The Morgan fingerprint density at radius 1 is 0.750 bits per heavy atom. The van der Waals surface area contributed by atoms with Crippen LogP contribution in [0.25, 0.3) is 0 Å². The van der Waals surface area contributed by atoms with Crippen LogP contribution >= 0.6 is 0 Å². The molecule has 3 saturated carbocycles. The molecule has 3 aliphatic carbocycles. The van der Waals surface area contributed by atoms with Crippen molar-refractivity contribution < 1.29 is 0 Å². The van der Waals surface area contributed by atoms with Gasteiger partial charge < -0.3 is 0 Å². The van der Waals surface area contributed by atoms with Crippen LogP contribution in [0.2, 0.25) is 3.43 Å². The average Bonchev–Trinajstić information content (AvgIpc) is 3.37. The van der Waals surface area contributed by atoms with E-state index in [0.29, 0.717) is 0 Å². The summed E-state index contributed by atoms with van der Waals surface area (Å²) >= 11 is 1.95. The number of hydrogen-bond donors (Lipinski definition) is 0. The molecule has 3 rings (SSSR count). The van der Waals surface area contributed by atoms with E-state index in [-0.39, 0.29) is 0 Å². The van der Waals surface area contributed by atoms with E-state index in [4.69, 9.17) is 0 Å². The fourth-order valence-corrected chi connectivity index (χ4v) is 9.49. The molecular weight excluding hydrogens is 395 g/mol. The van der Waals surface area contributed by atoms with E-state index in [1.807, 2.05) is 22.5 Å². The van der Waals surface area contributed by atoms with Gasteiger partial charge in [-0.05, 0) is 0 Å². The number of hydrogen-bond acceptors (Lipinski definition) is 0. The first-order valence-corrected chi connectivity index (χ1v) is 12.9. The minimum atomic E-state index is 0.779. The van der Waals surface area contributed by atoms with Crippen molar-refractivity contribution in [3.8, 4) is 0 Å². The van der Waals surface area contributed by atoms with E-state index in [1.165, 1.54) is 38.5 Å². The zero-order valence-corrected chi connectivity index (χ0v) is 19.2. The maximum atomic E-state index is 2.36. The van der Waals surface area contributed by atoms with Gasteiger partial charge in [0.15, 0.2) is 0 Å². The standard InChI is InChI=1S/C23H41.Sn/c1-2-3-4-5-18-22(19-12-6-7-13-19)23(20-14-8-9-15-20)21-16-10-11-17-21;/h19-22H,2-18H2,1H3;. The molecule has 0 nitrogen and oxygen atoms in total. The predicted molar refractivity (Wildman–Crippen MR) is 107 cm³/mol. The topological polar surface area (TPSA) is 0 Å².